The van der Waals surface area contributed by atoms with E-state index in [1.165, 1.54) is 73.4 Å². The minimum atomic E-state index is -1.86. The molecule has 0 amide bonds. The normalized spacial score (nSPS) is 14.9. The summed E-state index contributed by atoms with van der Waals surface area (Å²) in [5, 5.41) is 0. The van der Waals surface area contributed by atoms with Crippen molar-refractivity contribution in [3.63, 3.8) is 0 Å². The van der Waals surface area contributed by atoms with Gasteiger partial charge in [0.15, 0.2) is 34.8 Å². The molecule has 0 spiro atoms. The van der Waals surface area contributed by atoms with Gasteiger partial charge in [0.1, 0.15) is 13.2 Å². The molecule has 4 aromatic rings. The lowest BCUT2D eigenvalue weighted by molar-refractivity contribution is 0.305. The van der Waals surface area contributed by atoms with Crippen molar-refractivity contribution in [2.24, 2.45) is 9.98 Å². The van der Waals surface area contributed by atoms with E-state index < -0.39 is 93.5 Å². The molecule has 0 aliphatic carbocycles. The quantitative estimate of drug-likeness (QED) is 0.108. The molecule has 0 radical (unpaired) electrons. The Labute approximate surface area is 283 Å². The summed E-state index contributed by atoms with van der Waals surface area (Å²) in [4.78, 5) is 8.15. The van der Waals surface area contributed by atoms with Gasteiger partial charge < -0.3 is 9.47 Å². The van der Waals surface area contributed by atoms with Crippen LogP contribution in [0, 0.1) is 71.2 Å². The Kier molecular flexibility index (Phi) is 9.38. The first kappa shape index (κ1) is 34.1. The molecule has 15 heteroatoms. The fourth-order valence-corrected chi connectivity index (χ4v) is 5.27. The first-order chi connectivity index (χ1) is 24.6. The first-order valence-electron chi connectivity index (χ1n) is 14.5. The number of rotatable bonds is 10. The highest BCUT2D eigenvalue weighted by molar-refractivity contribution is 5.90. The summed E-state index contributed by atoms with van der Waals surface area (Å²) in [5.74, 6) is -13.6. The molecule has 0 unspecified atom stereocenters. The average Bonchev–Trinajstić information content (AvgIpc) is 3.97. The van der Waals surface area contributed by atoms with Crippen molar-refractivity contribution in [2.45, 2.75) is 0 Å². The highest BCUT2D eigenvalue weighted by Crippen LogP contribution is 2.40. The number of allylic oxidation sites excluding steroid dienone is 4. The van der Waals surface area contributed by atoms with Crippen molar-refractivity contribution < 1.29 is 44.6 Å². The van der Waals surface area contributed by atoms with E-state index in [1.54, 1.807) is 0 Å². The van der Waals surface area contributed by atoms with Crippen LogP contribution in [0.1, 0.15) is 22.5 Å². The van der Waals surface area contributed by atoms with E-state index in [9.17, 15) is 0 Å². The van der Waals surface area contributed by atoms with Gasteiger partial charge in [-0.1, -0.05) is 11.8 Å². The van der Waals surface area contributed by atoms with Gasteiger partial charge in [0, 0.05) is 36.0 Å². The molecule has 0 atom stereocenters. The zero-order valence-corrected chi connectivity index (χ0v) is 25.6. The van der Waals surface area contributed by atoms with Crippen LogP contribution in [0.25, 0.3) is 11.1 Å². The van der Waals surface area contributed by atoms with Crippen molar-refractivity contribution >= 4 is 23.6 Å². The van der Waals surface area contributed by atoms with E-state index in [2.05, 4.69) is 15.5 Å². The summed E-state index contributed by atoms with van der Waals surface area (Å²) in [6.07, 6.45) is 20.8. The van der Waals surface area contributed by atoms with Crippen molar-refractivity contribution in [1.29, 1.82) is 0 Å². The Balaban J connectivity index is 1.50. The number of hydrogen-bond donors (Lipinski definition) is 1. The topological polar surface area (TPSA) is 65.1 Å². The predicted octanol–water partition coefficient (Wildman–Crippen LogP) is 7.23. The van der Waals surface area contributed by atoms with Gasteiger partial charge in [-0.3, -0.25) is 9.98 Å². The SMILES string of the molecule is C#CCOc1c(F)c(F)c(/C(=C2\C=CC=N2)c2cccn2Nn2cccc2/C(=C2/C=CC=N2)c2c(F)c(F)c(OCC#C)c(F)c2F)c(F)c1F. The molecule has 2 aromatic heterocycles. The van der Waals surface area contributed by atoms with E-state index in [0.29, 0.717) is 0 Å². The Hall–Kier alpha value is -6.74. The number of ether oxygens (including phenoxy) is 2. The van der Waals surface area contributed by atoms with Crippen LogP contribution in [0.2, 0.25) is 0 Å². The van der Waals surface area contributed by atoms with Crippen LogP contribution in [0.5, 0.6) is 11.5 Å². The molecular formula is C36H19F8N5O2. The lowest BCUT2D eigenvalue weighted by atomic mass is 9.98. The van der Waals surface area contributed by atoms with Gasteiger partial charge >= 0.3 is 0 Å². The summed E-state index contributed by atoms with van der Waals surface area (Å²) in [6.45, 7) is -1.37. The number of aromatic nitrogens is 2. The molecule has 4 heterocycles. The van der Waals surface area contributed by atoms with Crippen LogP contribution < -0.4 is 15.0 Å². The summed E-state index contributed by atoms with van der Waals surface area (Å²) in [7, 11) is 0. The van der Waals surface area contributed by atoms with E-state index in [-0.39, 0.29) is 22.8 Å². The van der Waals surface area contributed by atoms with Crippen LogP contribution in [-0.2, 0) is 0 Å². The molecule has 7 nitrogen and oxygen atoms in total. The molecular weight excluding hydrogens is 686 g/mol. The second kappa shape index (κ2) is 14.0. The van der Waals surface area contributed by atoms with Crippen LogP contribution in [-0.4, -0.2) is 35.0 Å². The van der Waals surface area contributed by atoms with Crippen LogP contribution in [0.3, 0.4) is 0 Å². The minimum Gasteiger partial charge on any atom is -0.475 e. The highest BCUT2D eigenvalue weighted by Gasteiger charge is 2.34. The Bertz CT molecular complexity index is 2120. The minimum absolute atomic E-state index is 0.117. The van der Waals surface area contributed by atoms with Crippen molar-refractivity contribution in [2.75, 3.05) is 18.7 Å². The summed E-state index contributed by atoms with van der Waals surface area (Å²) in [5.41, 5.74) is -0.842. The van der Waals surface area contributed by atoms with Gasteiger partial charge in [-0.25, -0.2) is 32.4 Å². The third kappa shape index (κ3) is 5.95. The molecule has 256 valence electrons. The number of benzene rings is 2. The molecule has 51 heavy (non-hydrogen) atoms. The maximum Gasteiger partial charge on any atom is 0.204 e. The smallest absolute Gasteiger partial charge is 0.204 e. The highest BCUT2D eigenvalue weighted by atomic mass is 19.2. The van der Waals surface area contributed by atoms with E-state index >= 15 is 35.1 Å². The molecule has 0 saturated heterocycles. The zero-order chi connectivity index (χ0) is 36.4. The number of nitrogens with one attached hydrogen (secondary N) is 1. The number of hydrogen-bond acceptors (Lipinski definition) is 5. The van der Waals surface area contributed by atoms with Gasteiger partial charge in [0.25, 0.3) is 0 Å². The van der Waals surface area contributed by atoms with Crippen LogP contribution >= 0.6 is 0 Å². The maximum absolute atomic E-state index is 15.7. The second-order valence-corrected chi connectivity index (χ2v) is 10.3. The van der Waals surface area contributed by atoms with Gasteiger partial charge in [-0.2, -0.15) is 17.6 Å². The Morgan fingerprint density at radius 2 is 0.980 bits per heavy atom. The van der Waals surface area contributed by atoms with Crippen LogP contribution in [0.15, 0.2) is 82.3 Å². The van der Waals surface area contributed by atoms with Gasteiger partial charge in [0.2, 0.25) is 23.3 Å². The Morgan fingerprint density at radius 3 is 1.29 bits per heavy atom. The standard InChI is InChI=1S/C36H19F8N5O2/c1-3-17-50-35-31(41)27(37)25(28(38)32(35)42)23(19-9-5-13-45-19)21-11-7-15-48(21)47-49-16-8-12-22(49)24(20-10-6-14-46-20)26-29(39)33(43)36(51-18-4-2)34(44)30(26)40/h1-2,5-16,47H,17-18H2/b23-19+,24-20+. The molecule has 0 fully saturated rings. The monoisotopic (exact) mass is 705 g/mol. The lowest BCUT2D eigenvalue weighted by Gasteiger charge is -2.21. The molecule has 0 saturated carbocycles. The molecule has 2 aromatic carbocycles. The number of halogens is 8. The summed E-state index contributed by atoms with van der Waals surface area (Å²) >= 11 is 0. The van der Waals surface area contributed by atoms with Gasteiger partial charge in [-0.05, 0) is 48.6 Å². The van der Waals surface area contributed by atoms with Crippen molar-refractivity contribution in [3.05, 3.63) is 141 Å². The fourth-order valence-electron chi connectivity index (χ4n) is 5.27. The third-order valence-corrected chi connectivity index (χ3v) is 7.39. The number of terminal acetylenes is 2. The van der Waals surface area contributed by atoms with E-state index in [0.717, 1.165) is 9.35 Å². The van der Waals surface area contributed by atoms with Crippen LogP contribution in [0.4, 0.5) is 35.1 Å². The number of aliphatic imine (C=N–C) groups is 2. The van der Waals surface area contributed by atoms with Crippen molar-refractivity contribution in [1.82, 2.24) is 9.35 Å². The molecule has 0 bridgehead atoms. The largest absolute Gasteiger partial charge is 0.475 e. The van der Waals surface area contributed by atoms with Crippen molar-refractivity contribution in [3.8, 4) is 36.2 Å². The lowest BCUT2D eigenvalue weighted by Crippen LogP contribution is -2.24. The second-order valence-electron chi connectivity index (χ2n) is 10.3. The maximum atomic E-state index is 15.7. The predicted molar refractivity (Wildman–Crippen MR) is 172 cm³/mol. The first-order valence-corrected chi connectivity index (χ1v) is 14.5. The number of nitrogens with zero attached hydrogens (tertiary/aromatic N) is 4. The molecule has 2 aliphatic rings. The summed E-state index contributed by atoms with van der Waals surface area (Å²) < 4.78 is 135. The molecule has 6 rings (SSSR count). The average molecular weight is 706 g/mol. The molecule has 2 aliphatic heterocycles. The Morgan fingerprint density at radius 1 is 0.608 bits per heavy atom. The zero-order valence-electron chi connectivity index (χ0n) is 25.6. The summed E-state index contributed by atoms with van der Waals surface area (Å²) in [6, 6.07) is 5.42. The van der Waals surface area contributed by atoms with Gasteiger partial charge in [0.05, 0.1) is 33.9 Å². The molecule has 1 N–H and O–H groups in total. The van der Waals surface area contributed by atoms with E-state index in [1.807, 2.05) is 11.8 Å². The third-order valence-electron chi connectivity index (χ3n) is 7.39. The van der Waals surface area contributed by atoms with Gasteiger partial charge in [-0.15, -0.1) is 12.8 Å². The fraction of sp³-hybridized carbons (Fsp3) is 0.0556. The van der Waals surface area contributed by atoms with E-state index in [4.69, 9.17) is 22.3 Å².